The van der Waals surface area contributed by atoms with Gasteiger partial charge in [0, 0.05) is 50.7 Å². The highest BCUT2D eigenvalue weighted by atomic mass is 16.6. The van der Waals surface area contributed by atoms with Crippen LogP contribution < -0.4 is 14.5 Å². The number of carbonyl (C=O) groups excluding carboxylic acids is 4. The number of morpholine rings is 1. The monoisotopic (exact) mass is 915 g/mol. The van der Waals surface area contributed by atoms with E-state index >= 15 is 14.4 Å². The first-order valence-electron chi connectivity index (χ1n) is 22.3. The largest absolute Gasteiger partial charge is 0.491 e. The fourth-order valence-electron chi connectivity index (χ4n) is 10.4. The van der Waals surface area contributed by atoms with Gasteiger partial charge in [-0.1, -0.05) is 91.0 Å². The molecule has 1 aromatic heterocycles. The van der Waals surface area contributed by atoms with Gasteiger partial charge in [0.15, 0.2) is 0 Å². The molecule has 6 aromatic rings. The number of nitro groups is 1. The van der Waals surface area contributed by atoms with E-state index in [1.165, 1.54) is 24.3 Å². The number of benzene rings is 5. The number of esters is 1. The summed E-state index contributed by atoms with van der Waals surface area (Å²) in [6.45, 7) is 0.620. The fourth-order valence-corrected chi connectivity index (χ4v) is 10.4. The van der Waals surface area contributed by atoms with Crippen LogP contribution in [-0.4, -0.2) is 99.1 Å². The fraction of sp³-hybridized carbons (Fsp3) is 0.255. The number of aliphatic hydroxyl groups excluding tert-OH is 1. The topological polar surface area (TPSA) is 198 Å². The van der Waals surface area contributed by atoms with Crippen molar-refractivity contribution in [2.24, 2.45) is 5.92 Å². The van der Waals surface area contributed by atoms with Crippen LogP contribution in [-0.2, 0) is 35.9 Å². The molecule has 3 saturated heterocycles. The summed E-state index contributed by atoms with van der Waals surface area (Å²) in [5.41, 5.74) is 0.813. The predicted octanol–water partition coefficient (Wildman–Crippen LogP) is 6.11. The highest BCUT2D eigenvalue weighted by molar-refractivity contribution is 6.23. The van der Waals surface area contributed by atoms with E-state index in [0.29, 0.717) is 47.0 Å². The van der Waals surface area contributed by atoms with Crippen LogP contribution in [0.2, 0.25) is 0 Å². The van der Waals surface area contributed by atoms with Gasteiger partial charge in [0.1, 0.15) is 36.5 Å². The number of cyclic esters (lactones) is 1. The lowest BCUT2D eigenvalue weighted by atomic mass is 9.65. The molecule has 4 aliphatic rings. The summed E-state index contributed by atoms with van der Waals surface area (Å²) >= 11 is 0. The van der Waals surface area contributed by atoms with Gasteiger partial charge in [-0.05, 0) is 64.2 Å². The Balaban J connectivity index is 1.16. The van der Waals surface area contributed by atoms with E-state index in [1.807, 2.05) is 70.5 Å². The Labute approximate surface area is 390 Å². The molecule has 3 fully saturated rings. The SMILES string of the molecule is O=C1OC(c2ccccc2)C(c2ccccc2)N2C1C(C(=O)N1CCN(c3ncccn3)CC1)C1(C(=O)N(C(=O)OCc3ccc([N+](=O)[O-])cc3)c3ccccc31)C2c1ccc(OCCO)cc1. The smallest absolute Gasteiger partial charge is 0.421 e. The second-order valence-electron chi connectivity index (χ2n) is 16.9. The molecule has 17 heteroatoms. The lowest BCUT2D eigenvalue weighted by molar-refractivity contribution is -0.384. The number of imide groups is 1. The van der Waals surface area contributed by atoms with Crippen molar-refractivity contribution in [1.29, 1.82) is 0 Å². The number of rotatable bonds is 11. The third-order valence-electron chi connectivity index (χ3n) is 13.3. The highest BCUT2D eigenvalue weighted by Gasteiger charge is 2.76. The zero-order valence-electron chi connectivity index (χ0n) is 36.5. The van der Waals surface area contributed by atoms with Gasteiger partial charge in [-0.3, -0.25) is 29.4 Å². The van der Waals surface area contributed by atoms with Crippen molar-refractivity contribution in [2.45, 2.75) is 36.3 Å². The summed E-state index contributed by atoms with van der Waals surface area (Å²) in [4.78, 5) is 88.6. The van der Waals surface area contributed by atoms with Crippen molar-refractivity contribution in [3.05, 3.63) is 190 Å². The Hall–Kier alpha value is -8.02. The second-order valence-corrected chi connectivity index (χ2v) is 16.9. The van der Waals surface area contributed by atoms with Crippen molar-refractivity contribution in [1.82, 2.24) is 19.8 Å². The molecule has 0 bridgehead atoms. The Bertz CT molecular complexity index is 2830. The van der Waals surface area contributed by atoms with Crippen molar-refractivity contribution in [2.75, 3.05) is 49.2 Å². The number of carbonyl (C=O) groups is 4. The Morgan fingerprint density at radius 3 is 2.07 bits per heavy atom. The number of aromatic nitrogens is 2. The molecule has 5 heterocycles. The maximum atomic E-state index is 16.4. The first-order valence-corrected chi connectivity index (χ1v) is 22.3. The molecule has 0 radical (unpaired) electrons. The molecule has 0 aliphatic carbocycles. The summed E-state index contributed by atoms with van der Waals surface area (Å²) in [6, 6.07) is 36.6. The van der Waals surface area contributed by atoms with Crippen molar-refractivity contribution in [3.8, 4) is 5.75 Å². The zero-order chi connectivity index (χ0) is 46.9. The minimum Gasteiger partial charge on any atom is -0.491 e. The Morgan fingerprint density at radius 1 is 0.765 bits per heavy atom. The van der Waals surface area contributed by atoms with Crippen LogP contribution >= 0.6 is 0 Å². The van der Waals surface area contributed by atoms with Crippen LogP contribution in [0.5, 0.6) is 5.75 Å². The molecule has 6 unspecified atom stereocenters. The maximum Gasteiger partial charge on any atom is 0.421 e. The number of nitrogens with zero attached hydrogens (tertiary/aromatic N) is 7. The summed E-state index contributed by atoms with van der Waals surface area (Å²) in [5, 5.41) is 20.9. The van der Waals surface area contributed by atoms with E-state index in [1.54, 1.807) is 71.9 Å². The third kappa shape index (κ3) is 7.54. The van der Waals surface area contributed by atoms with Crippen LogP contribution in [0.15, 0.2) is 152 Å². The average molecular weight is 916 g/mol. The molecule has 1 N–H and O–H groups in total. The number of aliphatic hydroxyl groups is 1. The number of nitro benzene ring substituents is 1. The number of amides is 3. The van der Waals surface area contributed by atoms with E-state index in [-0.39, 0.29) is 44.3 Å². The molecular weight excluding hydrogens is 871 g/mol. The lowest BCUT2D eigenvalue weighted by Crippen LogP contribution is -2.59. The van der Waals surface area contributed by atoms with E-state index < -0.39 is 64.4 Å². The van der Waals surface area contributed by atoms with Crippen LogP contribution in [0.25, 0.3) is 0 Å². The highest BCUT2D eigenvalue weighted by Crippen LogP contribution is 2.66. The first-order chi connectivity index (χ1) is 33.2. The molecule has 6 atom stereocenters. The number of non-ortho nitro benzene ring substituents is 1. The van der Waals surface area contributed by atoms with Gasteiger partial charge in [-0.2, -0.15) is 0 Å². The number of ether oxygens (including phenoxy) is 3. The molecule has 10 rings (SSSR count). The summed E-state index contributed by atoms with van der Waals surface area (Å²) in [5.74, 6) is -2.49. The molecule has 1 spiro atoms. The molecule has 5 aromatic carbocycles. The van der Waals surface area contributed by atoms with Gasteiger partial charge in [0.25, 0.3) is 5.69 Å². The van der Waals surface area contributed by atoms with Crippen LogP contribution in [0.4, 0.5) is 22.1 Å². The van der Waals surface area contributed by atoms with Gasteiger partial charge in [-0.15, -0.1) is 0 Å². The Kier molecular flexibility index (Phi) is 11.8. The number of anilines is 2. The summed E-state index contributed by atoms with van der Waals surface area (Å²) in [7, 11) is 0. The van der Waals surface area contributed by atoms with E-state index in [9.17, 15) is 20.0 Å². The third-order valence-corrected chi connectivity index (χ3v) is 13.3. The second kappa shape index (κ2) is 18.3. The number of para-hydroxylation sites is 1. The van der Waals surface area contributed by atoms with Crippen molar-refractivity contribution >= 4 is 41.2 Å². The molecule has 17 nitrogen and oxygen atoms in total. The molecule has 68 heavy (non-hydrogen) atoms. The number of fused-ring (bicyclic) bond motifs is 3. The molecule has 0 saturated carbocycles. The normalized spacial score (nSPS) is 23.2. The number of hydrogen-bond acceptors (Lipinski definition) is 14. The van der Waals surface area contributed by atoms with Gasteiger partial charge in [0.05, 0.1) is 35.2 Å². The minimum atomic E-state index is -1.98. The summed E-state index contributed by atoms with van der Waals surface area (Å²) < 4.78 is 18.2. The van der Waals surface area contributed by atoms with Gasteiger partial charge >= 0.3 is 12.1 Å². The molecule has 344 valence electrons. The standard InChI is InChI=1S/C51H45N7O10/c59-30-31-66-38-22-18-36(19-23-38)45-51(39-14-7-8-15-40(39)56(48(51)62)50(63)67-32-33-16-20-37(21-17-33)58(64)65)41(46(60)54-26-28-55(29-27-54)49-52-24-9-25-53-49)43-47(61)68-44(35-12-5-2-6-13-35)42(57(43)45)34-10-3-1-4-11-34/h1-25,41-45,59H,26-32H2. The van der Waals surface area contributed by atoms with Crippen molar-refractivity contribution < 1.29 is 43.4 Å². The zero-order valence-corrected chi connectivity index (χ0v) is 36.5. The van der Waals surface area contributed by atoms with E-state index in [4.69, 9.17) is 14.2 Å². The quantitative estimate of drug-likeness (QED) is 0.0888. The lowest BCUT2D eigenvalue weighted by Gasteiger charge is -2.46. The first kappa shape index (κ1) is 43.9. The van der Waals surface area contributed by atoms with Gasteiger partial charge in [-0.25, -0.2) is 19.7 Å². The maximum absolute atomic E-state index is 16.4. The number of piperazine rings is 1. The predicted molar refractivity (Wildman–Crippen MR) is 245 cm³/mol. The average Bonchev–Trinajstić information content (AvgIpc) is 3.84. The van der Waals surface area contributed by atoms with Crippen LogP contribution in [0, 0.1) is 16.0 Å². The number of hydrogen-bond donors (Lipinski definition) is 1. The van der Waals surface area contributed by atoms with Crippen LogP contribution in [0.1, 0.15) is 46.0 Å². The minimum absolute atomic E-state index is 0.0324. The summed E-state index contributed by atoms with van der Waals surface area (Å²) in [6.07, 6.45) is 1.34. The molecule has 4 aliphatic heterocycles. The van der Waals surface area contributed by atoms with Crippen molar-refractivity contribution in [3.63, 3.8) is 0 Å². The van der Waals surface area contributed by atoms with Gasteiger partial charge < -0.3 is 29.1 Å². The van der Waals surface area contributed by atoms with Gasteiger partial charge in [0.2, 0.25) is 17.8 Å². The van der Waals surface area contributed by atoms with E-state index in [2.05, 4.69) is 9.97 Å². The Morgan fingerprint density at radius 2 is 1.41 bits per heavy atom. The molecule has 3 amide bonds. The van der Waals surface area contributed by atoms with E-state index in [0.717, 1.165) is 10.5 Å². The van der Waals surface area contributed by atoms with Crippen LogP contribution in [0.3, 0.4) is 0 Å². The molecular formula is C51H45N7O10.